The Kier molecular flexibility index (Phi) is 30.6. The lowest BCUT2D eigenvalue weighted by Crippen LogP contribution is -2.60. The average molecular weight is 1260 g/mol. The standard InChI is InChI=1S/C68H108ClN9O11/c1-21-44(10)59-67(88)77(19)57(32-42(6)7)66(87)74(16)52(34-49-28-25-29-51(69)33-49)36-53(80)37-54(47(13)79)65(86)73(15)46(12)64(85)76(18)56(31-41(4)5)62(83)70-45(11)63(84)78(20)60(43(8)9)68(89)75(17)55(35-48-26-23-22-24-27-48)58(81)39-72(14)38-50(30-40(2)3)61(82)71-59/h22-29,33,40-47,50,52,54-57,59-60,79H,21,30-32,34-39H2,1-20H3,(H,70,83)(H,71,82)/t44-,45-,46-,47+,50+,52-,54-,55-,56-,57-,59-,60+/m0/s1. The van der Waals surface area contributed by atoms with Crippen molar-refractivity contribution in [2.75, 3.05) is 62.4 Å². The molecule has 0 unspecified atom stereocenters. The molecule has 2 aromatic carbocycles. The van der Waals surface area contributed by atoms with E-state index in [0.29, 0.717) is 23.4 Å². The third-order valence-corrected chi connectivity index (χ3v) is 17.9. The lowest BCUT2D eigenvalue weighted by Gasteiger charge is -2.38. The number of benzene rings is 2. The van der Waals surface area contributed by atoms with Gasteiger partial charge < -0.3 is 45.1 Å². The summed E-state index contributed by atoms with van der Waals surface area (Å²) in [6, 6.07) is 7.58. The van der Waals surface area contributed by atoms with E-state index in [0.717, 1.165) is 10.5 Å². The van der Waals surface area contributed by atoms with Crippen molar-refractivity contribution in [3.63, 3.8) is 0 Å². The van der Waals surface area contributed by atoms with Gasteiger partial charge in [0.25, 0.3) is 0 Å². The van der Waals surface area contributed by atoms with Gasteiger partial charge >= 0.3 is 0 Å². The molecule has 3 N–H and O–H groups in total. The van der Waals surface area contributed by atoms with Crippen molar-refractivity contribution in [3.8, 4) is 0 Å². The van der Waals surface area contributed by atoms with Crippen molar-refractivity contribution in [2.24, 2.45) is 41.4 Å². The van der Waals surface area contributed by atoms with Crippen LogP contribution in [0.5, 0.6) is 0 Å². The number of hydrogen-bond acceptors (Lipinski definition) is 12. The van der Waals surface area contributed by atoms with Crippen molar-refractivity contribution in [2.45, 2.75) is 196 Å². The second-order valence-electron chi connectivity index (χ2n) is 26.9. The summed E-state index contributed by atoms with van der Waals surface area (Å²) in [5, 5.41) is 17.5. The van der Waals surface area contributed by atoms with Crippen LogP contribution < -0.4 is 10.6 Å². The zero-order chi connectivity index (χ0) is 67.6. The maximum Gasteiger partial charge on any atom is 0.245 e. The van der Waals surface area contributed by atoms with Gasteiger partial charge in [-0.25, -0.2) is 0 Å². The molecule has 21 heteroatoms. The zero-order valence-corrected chi connectivity index (χ0v) is 57.8. The van der Waals surface area contributed by atoms with Crippen LogP contribution in [0.4, 0.5) is 0 Å². The average Bonchev–Trinajstić information content (AvgIpc) is 1.47. The smallest absolute Gasteiger partial charge is 0.245 e. The number of hydrogen-bond donors (Lipinski definition) is 3. The summed E-state index contributed by atoms with van der Waals surface area (Å²) >= 11 is 6.47. The fourth-order valence-electron chi connectivity index (χ4n) is 11.9. The van der Waals surface area contributed by atoms with Crippen LogP contribution in [0.15, 0.2) is 54.6 Å². The van der Waals surface area contributed by atoms with Crippen LogP contribution in [0, 0.1) is 41.4 Å². The Morgan fingerprint density at radius 1 is 0.551 bits per heavy atom. The summed E-state index contributed by atoms with van der Waals surface area (Å²) in [7, 11) is 10.7. The van der Waals surface area contributed by atoms with Gasteiger partial charge in [-0.1, -0.05) is 130 Å². The minimum atomic E-state index is -1.37. The van der Waals surface area contributed by atoms with Crippen molar-refractivity contribution in [3.05, 3.63) is 70.7 Å². The topological polar surface area (TPSA) is 238 Å². The number of halogens is 1. The van der Waals surface area contributed by atoms with E-state index < -0.39 is 138 Å². The van der Waals surface area contributed by atoms with E-state index in [1.807, 2.05) is 91.8 Å². The van der Waals surface area contributed by atoms with Gasteiger partial charge in [-0.05, 0) is 113 Å². The number of rotatable bonds is 14. The fourth-order valence-corrected chi connectivity index (χ4v) is 12.1. The third-order valence-electron chi connectivity index (χ3n) is 17.7. The number of aliphatic hydroxyl groups is 1. The van der Waals surface area contributed by atoms with Crippen molar-refractivity contribution in [1.82, 2.24) is 44.9 Å². The number of likely N-dealkylation sites (N-methyl/N-ethyl adjacent to an activating group) is 7. The van der Waals surface area contributed by atoms with Crippen LogP contribution in [0.2, 0.25) is 5.02 Å². The molecule has 1 aliphatic rings. The molecule has 0 aromatic heterocycles. The highest BCUT2D eigenvalue weighted by molar-refractivity contribution is 6.30. The molecule has 1 fully saturated rings. The molecule has 2 aromatic rings. The zero-order valence-electron chi connectivity index (χ0n) is 57.0. The fraction of sp³-hybridized carbons (Fsp3) is 0.676. The minimum absolute atomic E-state index is 0.0145. The van der Waals surface area contributed by atoms with Crippen LogP contribution in [-0.4, -0.2) is 215 Å². The highest BCUT2D eigenvalue weighted by Gasteiger charge is 2.43. The first kappa shape index (κ1) is 77.0. The third kappa shape index (κ3) is 22.0. The number of nitrogens with one attached hydrogen (secondary N) is 2. The van der Waals surface area contributed by atoms with E-state index in [1.54, 1.807) is 58.1 Å². The van der Waals surface area contributed by atoms with E-state index in [-0.39, 0.29) is 68.7 Å². The molecule has 0 radical (unpaired) electrons. The van der Waals surface area contributed by atoms with Crippen molar-refractivity contribution >= 4 is 70.4 Å². The normalized spacial score (nSPS) is 26.3. The molecular formula is C68H108ClN9O11. The lowest BCUT2D eigenvalue weighted by molar-refractivity contribution is -0.152. The Morgan fingerprint density at radius 3 is 1.64 bits per heavy atom. The summed E-state index contributed by atoms with van der Waals surface area (Å²) in [4.78, 5) is 157. The second-order valence-corrected chi connectivity index (χ2v) is 27.4. The monoisotopic (exact) mass is 1260 g/mol. The number of aliphatic hydroxyl groups excluding tert-OH is 1. The van der Waals surface area contributed by atoms with Gasteiger partial charge in [0.05, 0.1) is 30.5 Å². The molecule has 0 bridgehead atoms. The molecule has 89 heavy (non-hydrogen) atoms. The maximum atomic E-state index is 15.2. The molecule has 1 saturated heterocycles. The van der Waals surface area contributed by atoms with Crippen LogP contribution in [0.25, 0.3) is 0 Å². The summed E-state index contributed by atoms with van der Waals surface area (Å²) in [5.74, 6) is -8.45. The molecule has 1 aliphatic heterocycles. The van der Waals surface area contributed by atoms with Gasteiger partial charge in [0.2, 0.25) is 47.3 Å². The van der Waals surface area contributed by atoms with E-state index >= 15 is 9.59 Å². The first-order valence-corrected chi connectivity index (χ1v) is 32.2. The molecular weight excluding hydrogens is 1150 g/mol. The van der Waals surface area contributed by atoms with Gasteiger partial charge in [0, 0.05) is 72.7 Å². The van der Waals surface area contributed by atoms with Gasteiger partial charge in [-0.15, -0.1) is 0 Å². The van der Waals surface area contributed by atoms with E-state index in [1.165, 1.54) is 73.5 Å². The summed E-state index contributed by atoms with van der Waals surface area (Å²) in [5.41, 5.74) is 1.49. The van der Waals surface area contributed by atoms with Gasteiger partial charge in [0.15, 0.2) is 5.78 Å². The lowest BCUT2D eigenvalue weighted by atomic mass is 9.90. The van der Waals surface area contributed by atoms with Gasteiger partial charge in [-0.3, -0.25) is 52.8 Å². The molecule has 3 rings (SSSR count). The predicted octanol–water partition coefficient (Wildman–Crippen LogP) is 6.41. The van der Waals surface area contributed by atoms with E-state index in [4.69, 9.17) is 11.6 Å². The Bertz CT molecular complexity index is 2720. The SMILES string of the molecule is CC[C@H](C)[C@@H]1NC(=O)[C@H](CC(C)C)CN(C)CC(=O)[C@H](Cc2ccccc2)N(C)C(=O)[C@@H](C(C)C)N(C)C(=O)[C@H](C)NC(=O)[C@H](CC(C)C)N(C)C(=O)[C@H](C)N(C)C(=O)[C@H]([C@@H](C)O)CC(=O)C[C@H](Cc2cccc(Cl)c2)N(C)C(=O)[C@H](CC(C)C)N(C)C1=O. The molecule has 20 nitrogen and oxygen atoms in total. The molecule has 0 aliphatic carbocycles. The van der Waals surface area contributed by atoms with Crippen LogP contribution in [0.3, 0.4) is 0 Å². The molecule has 1 heterocycles. The number of nitrogens with zero attached hydrogens (tertiary/aromatic N) is 7. The predicted molar refractivity (Wildman–Crippen MR) is 348 cm³/mol. The highest BCUT2D eigenvalue weighted by atomic mass is 35.5. The first-order chi connectivity index (χ1) is 41.4. The minimum Gasteiger partial charge on any atom is -0.393 e. The highest BCUT2D eigenvalue weighted by Crippen LogP contribution is 2.27. The van der Waals surface area contributed by atoms with Crippen LogP contribution >= 0.6 is 11.6 Å². The first-order valence-electron chi connectivity index (χ1n) is 31.9. The number of carbonyl (C=O) groups excluding carboxylic acids is 10. The molecule has 12 atom stereocenters. The Balaban J connectivity index is 2.31. The molecule has 8 amide bonds. The van der Waals surface area contributed by atoms with Crippen LogP contribution in [0.1, 0.15) is 140 Å². The summed E-state index contributed by atoms with van der Waals surface area (Å²) in [6.45, 7) is 23.2. The molecule has 0 saturated carbocycles. The quantitative estimate of drug-likeness (QED) is 0.186. The van der Waals surface area contributed by atoms with Crippen molar-refractivity contribution < 1.29 is 53.1 Å². The Hall–Kier alpha value is -6.25. The largest absolute Gasteiger partial charge is 0.393 e. The Labute approximate surface area is 536 Å². The summed E-state index contributed by atoms with van der Waals surface area (Å²) < 4.78 is 0. The summed E-state index contributed by atoms with van der Waals surface area (Å²) in [6.07, 6.45) is -0.574. The molecule has 498 valence electrons. The molecule has 0 spiro atoms. The van der Waals surface area contributed by atoms with E-state index in [2.05, 4.69) is 10.6 Å². The van der Waals surface area contributed by atoms with E-state index in [9.17, 15) is 43.5 Å². The van der Waals surface area contributed by atoms with Gasteiger partial charge in [0.1, 0.15) is 42.0 Å². The van der Waals surface area contributed by atoms with Crippen molar-refractivity contribution in [1.29, 1.82) is 0 Å². The number of Topliss-reactive ketones (excluding diaryl/α,β-unsaturated/α-hetero) is 2. The van der Waals surface area contributed by atoms with Gasteiger partial charge in [-0.2, -0.15) is 0 Å². The second kappa shape index (κ2) is 35.4. The number of amides is 8. The van der Waals surface area contributed by atoms with Crippen LogP contribution in [-0.2, 0) is 60.8 Å². The number of carbonyl (C=O) groups is 10. The Morgan fingerprint density at radius 2 is 1.10 bits per heavy atom. The maximum absolute atomic E-state index is 15.2. The number of ketones is 2.